The van der Waals surface area contributed by atoms with Crippen molar-refractivity contribution in [3.8, 4) is 0 Å². The van der Waals surface area contributed by atoms with E-state index >= 15 is 0 Å². The van der Waals surface area contributed by atoms with Crippen molar-refractivity contribution in [1.82, 2.24) is 5.32 Å². The summed E-state index contributed by atoms with van der Waals surface area (Å²) in [6.45, 7) is 3.31. The lowest BCUT2D eigenvalue weighted by atomic mass is 10.1. The van der Waals surface area contributed by atoms with Gasteiger partial charge in [-0.1, -0.05) is 19.4 Å². The van der Waals surface area contributed by atoms with Gasteiger partial charge in [-0.15, -0.1) is 11.3 Å². The molecule has 1 aromatic rings. The Morgan fingerprint density at radius 3 is 3.07 bits per heavy atom. The fraction of sp³-hybridized carbons (Fsp3) is 0.538. The van der Waals surface area contributed by atoms with Gasteiger partial charge in [-0.05, 0) is 55.9 Å². The van der Waals surface area contributed by atoms with Gasteiger partial charge >= 0.3 is 0 Å². The molecule has 0 unspecified atom stereocenters. The van der Waals surface area contributed by atoms with Crippen molar-refractivity contribution in [3.63, 3.8) is 0 Å². The molecule has 0 atom stereocenters. The molecule has 1 aromatic heterocycles. The molecule has 0 bridgehead atoms. The van der Waals surface area contributed by atoms with Gasteiger partial charge in [-0.25, -0.2) is 0 Å². The minimum Gasteiger partial charge on any atom is -0.319 e. The maximum atomic E-state index is 3.15. The lowest BCUT2D eigenvalue weighted by Crippen LogP contribution is -2.05. The molecule has 0 aliphatic carbocycles. The molecule has 0 aliphatic rings. The summed E-state index contributed by atoms with van der Waals surface area (Å²) in [6.07, 6.45) is 9.45. The van der Waals surface area contributed by atoms with E-state index in [2.05, 4.69) is 35.8 Å². The molecule has 2 heteroatoms. The highest BCUT2D eigenvalue weighted by molar-refractivity contribution is 7.11. The largest absolute Gasteiger partial charge is 0.319 e. The molecule has 0 fully saturated rings. The SMILES string of the molecule is CCCCc1ccsc1C=CCCNC. The van der Waals surface area contributed by atoms with Gasteiger partial charge in [-0.2, -0.15) is 0 Å². The highest BCUT2D eigenvalue weighted by atomic mass is 32.1. The van der Waals surface area contributed by atoms with Gasteiger partial charge < -0.3 is 5.32 Å². The zero-order valence-electron chi connectivity index (χ0n) is 9.75. The Balaban J connectivity index is 2.45. The van der Waals surface area contributed by atoms with E-state index in [-0.39, 0.29) is 0 Å². The van der Waals surface area contributed by atoms with Crippen LogP contribution in [0.5, 0.6) is 0 Å². The zero-order chi connectivity index (χ0) is 10.9. The third-order valence-electron chi connectivity index (χ3n) is 2.41. The molecule has 0 aromatic carbocycles. The Morgan fingerprint density at radius 1 is 1.47 bits per heavy atom. The van der Waals surface area contributed by atoms with Crippen LogP contribution in [0.3, 0.4) is 0 Å². The van der Waals surface area contributed by atoms with Crippen LogP contribution in [0.2, 0.25) is 0 Å². The summed E-state index contributed by atoms with van der Waals surface area (Å²) >= 11 is 1.85. The van der Waals surface area contributed by atoms with E-state index in [4.69, 9.17) is 0 Å². The molecule has 1 rings (SSSR count). The van der Waals surface area contributed by atoms with Crippen LogP contribution in [0.25, 0.3) is 6.08 Å². The van der Waals surface area contributed by atoms with Crippen molar-refractivity contribution < 1.29 is 0 Å². The lowest BCUT2D eigenvalue weighted by molar-refractivity contribution is 0.796. The van der Waals surface area contributed by atoms with Crippen LogP contribution in [0, 0.1) is 0 Å². The van der Waals surface area contributed by atoms with Crippen LogP contribution >= 0.6 is 11.3 Å². The van der Waals surface area contributed by atoms with Crippen molar-refractivity contribution in [2.24, 2.45) is 0 Å². The molecule has 1 nitrogen and oxygen atoms in total. The molecule has 0 radical (unpaired) electrons. The van der Waals surface area contributed by atoms with Crippen LogP contribution in [-0.2, 0) is 6.42 Å². The van der Waals surface area contributed by atoms with Gasteiger partial charge in [0.15, 0.2) is 0 Å². The fourth-order valence-electron chi connectivity index (χ4n) is 1.49. The van der Waals surface area contributed by atoms with E-state index in [9.17, 15) is 0 Å². The quantitative estimate of drug-likeness (QED) is 0.695. The number of unbranched alkanes of at least 4 members (excludes halogenated alkanes) is 1. The predicted octanol–water partition coefficient (Wildman–Crippen LogP) is 3.71. The van der Waals surface area contributed by atoms with Crippen LogP contribution in [0.4, 0.5) is 0 Å². The second kappa shape index (κ2) is 7.66. The molecule has 1 N–H and O–H groups in total. The van der Waals surface area contributed by atoms with Gasteiger partial charge in [0, 0.05) is 4.88 Å². The Morgan fingerprint density at radius 2 is 2.33 bits per heavy atom. The molecule has 0 spiro atoms. The van der Waals surface area contributed by atoms with E-state index in [1.54, 1.807) is 0 Å². The second-order valence-corrected chi connectivity index (χ2v) is 4.66. The molecule has 15 heavy (non-hydrogen) atoms. The Bertz CT molecular complexity index is 288. The minimum atomic E-state index is 1.06. The third-order valence-corrected chi connectivity index (χ3v) is 3.33. The van der Waals surface area contributed by atoms with Crippen molar-refractivity contribution in [1.29, 1.82) is 0 Å². The third kappa shape index (κ3) is 4.63. The van der Waals surface area contributed by atoms with Crippen molar-refractivity contribution in [2.75, 3.05) is 13.6 Å². The summed E-state index contributed by atoms with van der Waals surface area (Å²) in [6, 6.07) is 2.26. The molecule has 0 saturated heterocycles. The molecular weight excluding hydrogens is 202 g/mol. The monoisotopic (exact) mass is 223 g/mol. The highest BCUT2D eigenvalue weighted by Gasteiger charge is 1.99. The normalized spacial score (nSPS) is 11.3. The topological polar surface area (TPSA) is 12.0 Å². The maximum Gasteiger partial charge on any atom is 0.0299 e. The second-order valence-electron chi connectivity index (χ2n) is 3.71. The van der Waals surface area contributed by atoms with Crippen LogP contribution in [0.1, 0.15) is 36.6 Å². The average Bonchev–Trinajstić information content (AvgIpc) is 2.69. The van der Waals surface area contributed by atoms with Gasteiger partial charge in [0.1, 0.15) is 0 Å². The standard InChI is InChI=1S/C13H21NS/c1-3-4-7-12-9-11-15-13(12)8-5-6-10-14-2/h5,8-9,11,14H,3-4,6-7,10H2,1-2H3. The molecular formula is C13H21NS. The number of aryl methyl sites for hydroxylation is 1. The molecule has 84 valence electrons. The fourth-order valence-corrected chi connectivity index (χ4v) is 2.36. The first-order valence-electron chi connectivity index (χ1n) is 5.76. The summed E-state index contributed by atoms with van der Waals surface area (Å²) in [5.74, 6) is 0. The summed E-state index contributed by atoms with van der Waals surface area (Å²) in [4.78, 5) is 1.44. The van der Waals surface area contributed by atoms with Crippen LogP contribution in [-0.4, -0.2) is 13.6 Å². The number of rotatable bonds is 7. The van der Waals surface area contributed by atoms with E-state index in [1.165, 1.54) is 29.7 Å². The highest BCUT2D eigenvalue weighted by Crippen LogP contribution is 2.20. The van der Waals surface area contributed by atoms with Gasteiger partial charge in [-0.3, -0.25) is 0 Å². The summed E-state index contributed by atoms with van der Waals surface area (Å²) in [7, 11) is 1.99. The smallest absolute Gasteiger partial charge is 0.0299 e. The van der Waals surface area contributed by atoms with Gasteiger partial charge in [0.05, 0.1) is 0 Å². The van der Waals surface area contributed by atoms with E-state index < -0.39 is 0 Å². The van der Waals surface area contributed by atoms with Crippen LogP contribution in [0.15, 0.2) is 17.5 Å². The van der Waals surface area contributed by atoms with Crippen LogP contribution < -0.4 is 5.32 Å². The molecule has 0 amide bonds. The first kappa shape index (κ1) is 12.5. The first-order valence-corrected chi connectivity index (χ1v) is 6.64. The minimum absolute atomic E-state index is 1.06. The average molecular weight is 223 g/mol. The van der Waals surface area contributed by atoms with Crippen molar-refractivity contribution >= 4 is 17.4 Å². The number of thiophene rings is 1. The molecule has 0 saturated carbocycles. The van der Waals surface area contributed by atoms with E-state index in [0.717, 1.165) is 13.0 Å². The van der Waals surface area contributed by atoms with Crippen molar-refractivity contribution in [3.05, 3.63) is 28.0 Å². The summed E-state index contributed by atoms with van der Waals surface area (Å²) in [5.41, 5.74) is 1.52. The van der Waals surface area contributed by atoms with E-state index in [1.807, 2.05) is 18.4 Å². The Kier molecular flexibility index (Phi) is 6.37. The van der Waals surface area contributed by atoms with Gasteiger partial charge in [0.25, 0.3) is 0 Å². The van der Waals surface area contributed by atoms with Crippen molar-refractivity contribution in [2.45, 2.75) is 32.6 Å². The molecule has 0 aliphatic heterocycles. The Hall–Kier alpha value is -0.600. The lowest BCUT2D eigenvalue weighted by Gasteiger charge is -1.98. The number of nitrogens with one attached hydrogen (secondary N) is 1. The summed E-state index contributed by atoms with van der Waals surface area (Å²) < 4.78 is 0. The van der Waals surface area contributed by atoms with E-state index in [0.29, 0.717) is 0 Å². The maximum absolute atomic E-state index is 3.15. The molecule has 1 heterocycles. The summed E-state index contributed by atoms with van der Waals surface area (Å²) in [5, 5.41) is 5.35. The number of hydrogen-bond donors (Lipinski definition) is 1. The first-order chi connectivity index (χ1) is 7.38. The Labute approximate surface area is 97.2 Å². The van der Waals surface area contributed by atoms with Gasteiger partial charge in [0.2, 0.25) is 0 Å². The zero-order valence-corrected chi connectivity index (χ0v) is 10.6. The number of hydrogen-bond acceptors (Lipinski definition) is 2. The predicted molar refractivity (Wildman–Crippen MR) is 70.5 cm³/mol.